The molecule has 2 rings (SSSR count). The van der Waals surface area contributed by atoms with E-state index in [0.717, 1.165) is 12.8 Å². The molecule has 0 amide bonds. The molecule has 0 atom stereocenters. The van der Waals surface area contributed by atoms with Crippen LogP contribution in [0.2, 0.25) is 5.02 Å². The van der Waals surface area contributed by atoms with Crippen LogP contribution in [-0.2, 0) is 6.42 Å². The van der Waals surface area contributed by atoms with Gasteiger partial charge in [-0.25, -0.2) is 4.98 Å². The minimum atomic E-state index is 0.370. The molecule has 0 aliphatic carbocycles. The van der Waals surface area contributed by atoms with E-state index in [9.17, 15) is 0 Å². The summed E-state index contributed by atoms with van der Waals surface area (Å²) in [5.74, 6) is 1.09. The number of hydrogen-bond donors (Lipinski definition) is 1. The fourth-order valence-corrected chi connectivity index (χ4v) is 1.85. The van der Waals surface area contributed by atoms with Gasteiger partial charge in [-0.05, 0) is 30.2 Å². The molecular formula is C14H15ClN2O. The van der Waals surface area contributed by atoms with Crippen molar-refractivity contribution in [1.29, 1.82) is 0 Å². The minimum Gasteiger partial charge on any atom is -0.438 e. The van der Waals surface area contributed by atoms with Crippen LogP contribution in [0.1, 0.15) is 18.9 Å². The predicted molar refractivity (Wildman–Crippen MR) is 74.2 cm³/mol. The average molecular weight is 263 g/mol. The summed E-state index contributed by atoms with van der Waals surface area (Å²) in [5.41, 5.74) is 7.38. The van der Waals surface area contributed by atoms with Crippen molar-refractivity contribution in [3.8, 4) is 11.6 Å². The van der Waals surface area contributed by atoms with Gasteiger partial charge in [0.15, 0.2) is 0 Å². The quantitative estimate of drug-likeness (QED) is 0.904. The van der Waals surface area contributed by atoms with Crippen molar-refractivity contribution in [2.24, 2.45) is 0 Å². The molecule has 0 aliphatic rings. The van der Waals surface area contributed by atoms with Gasteiger partial charge in [-0.2, -0.15) is 0 Å². The lowest BCUT2D eigenvalue weighted by Crippen LogP contribution is -1.92. The highest BCUT2D eigenvalue weighted by atomic mass is 35.5. The first-order chi connectivity index (χ1) is 8.69. The van der Waals surface area contributed by atoms with Gasteiger partial charge in [-0.3, -0.25) is 0 Å². The Hall–Kier alpha value is -1.74. The second-order valence-electron chi connectivity index (χ2n) is 4.05. The van der Waals surface area contributed by atoms with Gasteiger partial charge in [-0.1, -0.05) is 37.1 Å². The van der Waals surface area contributed by atoms with Gasteiger partial charge in [0.2, 0.25) is 5.88 Å². The monoisotopic (exact) mass is 262 g/mol. The van der Waals surface area contributed by atoms with Gasteiger partial charge in [0.05, 0.1) is 11.9 Å². The standard InChI is InChI=1S/C14H15ClN2O/c1-2-3-10-4-6-12(7-5-10)18-14-13(15)8-11(16)9-17-14/h4-9H,2-3,16H2,1H3. The lowest BCUT2D eigenvalue weighted by molar-refractivity contribution is 0.463. The third-order valence-electron chi connectivity index (χ3n) is 2.51. The molecule has 0 unspecified atom stereocenters. The Morgan fingerprint density at radius 2 is 2.00 bits per heavy atom. The van der Waals surface area contributed by atoms with Crippen LogP contribution in [0, 0.1) is 0 Å². The summed E-state index contributed by atoms with van der Waals surface area (Å²) in [6, 6.07) is 9.54. The minimum absolute atomic E-state index is 0.370. The third kappa shape index (κ3) is 3.14. The van der Waals surface area contributed by atoms with Crippen LogP contribution >= 0.6 is 11.6 Å². The molecule has 0 bridgehead atoms. The number of anilines is 1. The molecule has 1 aromatic heterocycles. The number of pyridine rings is 1. The Balaban J connectivity index is 2.13. The van der Waals surface area contributed by atoms with Crippen LogP contribution in [0.5, 0.6) is 11.6 Å². The topological polar surface area (TPSA) is 48.1 Å². The highest BCUT2D eigenvalue weighted by Gasteiger charge is 2.05. The number of nitrogens with zero attached hydrogens (tertiary/aromatic N) is 1. The number of halogens is 1. The summed E-state index contributed by atoms with van der Waals surface area (Å²) >= 11 is 5.99. The Morgan fingerprint density at radius 3 is 2.61 bits per heavy atom. The largest absolute Gasteiger partial charge is 0.438 e. The molecule has 94 valence electrons. The number of aromatic nitrogens is 1. The average Bonchev–Trinajstić information content (AvgIpc) is 2.35. The summed E-state index contributed by atoms with van der Waals surface area (Å²) in [7, 11) is 0. The van der Waals surface area contributed by atoms with Gasteiger partial charge >= 0.3 is 0 Å². The molecule has 0 saturated heterocycles. The fraction of sp³-hybridized carbons (Fsp3) is 0.214. The summed E-state index contributed by atoms with van der Waals surface area (Å²) in [6.45, 7) is 2.16. The number of benzene rings is 1. The first-order valence-electron chi connectivity index (χ1n) is 5.87. The van der Waals surface area contributed by atoms with E-state index in [0.29, 0.717) is 22.3 Å². The van der Waals surface area contributed by atoms with E-state index in [1.807, 2.05) is 24.3 Å². The number of ether oxygens (including phenoxy) is 1. The molecule has 0 aliphatic heterocycles. The van der Waals surface area contributed by atoms with E-state index in [1.165, 1.54) is 11.8 Å². The number of nitrogens with two attached hydrogens (primary N) is 1. The molecule has 2 aromatic rings. The highest BCUT2D eigenvalue weighted by Crippen LogP contribution is 2.28. The van der Waals surface area contributed by atoms with E-state index >= 15 is 0 Å². The van der Waals surface area contributed by atoms with Crippen molar-refractivity contribution in [1.82, 2.24) is 4.98 Å². The highest BCUT2D eigenvalue weighted by molar-refractivity contribution is 6.32. The van der Waals surface area contributed by atoms with Crippen molar-refractivity contribution < 1.29 is 4.74 Å². The van der Waals surface area contributed by atoms with Crippen LogP contribution in [0.15, 0.2) is 36.5 Å². The molecule has 0 spiro atoms. The molecule has 1 heterocycles. The summed E-state index contributed by atoms with van der Waals surface area (Å²) < 4.78 is 5.60. The maximum atomic E-state index is 5.99. The maximum absolute atomic E-state index is 5.99. The zero-order valence-corrected chi connectivity index (χ0v) is 10.9. The second kappa shape index (κ2) is 5.74. The van der Waals surface area contributed by atoms with Crippen molar-refractivity contribution in [3.63, 3.8) is 0 Å². The van der Waals surface area contributed by atoms with Crippen molar-refractivity contribution in [2.45, 2.75) is 19.8 Å². The first-order valence-corrected chi connectivity index (χ1v) is 6.24. The van der Waals surface area contributed by atoms with Crippen LogP contribution < -0.4 is 10.5 Å². The number of hydrogen-bond acceptors (Lipinski definition) is 3. The lowest BCUT2D eigenvalue weighted by Gasteiger charge is -2.07. The Bertz CT molecular complexity index is 526. The number of rotatable bonds is 4. The summed E-state index contributed by atoms with van der Waals surface area (Å²) in [4.78, 5) is 4.05. The van der Waals surface area contributed by atoms with Gasteiger partial charge in [0, 0.05) is 0 Å². The Morgan fingerprint density at radius 1 is 1.28 bits per heavy atom. The van der Waals surface area contributed by atoms with Gasteiger partial charge in [0.1, 0.15) is 10.8 Å². The molecule has 0 fully saturated rings. The molecule has 18 heavy (non-hydrogen) atoms. The molecule has 1 aromatic carbocycles. The maximum Gasteiger partial charge on any atom is 0.238 e. The molecule has 2 N–H and O–H groups in total. The van der Waals surface area contributed by atoms with Crippen LogP contribution in [0.4, 0.5) is 5.69 Å². The van der Waals surface area contributed by atoms with E-state index in [-0.39, 0.29) is 0 Å². The van der Waals surface area contributed by atoms with E-state index in [2.05, 4.69) is 11.9 Å². The molecule has 0 saturated carbocycles. The fourth-order valence-electron chi connectivity index (χ4n) is 1.64. The first kappa shape index (κ1) is 12.7. The van der Waals surface area contributed by atoms with E-state index in [4.69, 9.17) is 22.1 Å². The van der Waals surface area contributed by atoms with Gasteiger partial charge in [0.25, 0.3) is 0 Å². The molecule has 3 nitrogen and oxygen atoms in total. The molecule has 4 heteroatoms. The van der Waals surface area contributed by atoms with Gasteiger partial charge < -0.3 is 10.5 Å². The SMILES string of the molecule is CCCc1ccc(Oc2ncc(N)cc2Cl)cc1. The van der Waals surface area contributed by atoms with Crippen molar-refractivity contribution >= 4 is 17.3 Å². The van der Waals surface area contributed by atoms with Crippen molar-refractivity contribution in [3.05, 3.63) is 47.1 Å². The third-order valence-corrected chi connectivity index (χ3v) is 2.78. The van der Waals surface area contributed by atoms with Crippen LogP contribution in [0.25, 0.3) is 0 Å². The molecular weight excluding hydrogens is 248 g/mol. The lowest BCUT2D eigenvalue weighted by atomic mass is 10.1. The van der Waals surface area contributed by atoms with E-state index < -0.39 is 0 Å². The number of aryl methyl sites for hydroxylation is 1. The zero-order chi connectivity index (χ0) is 13.0. The smallest absolute Gasteiger partial charge is 0.238 e. The van der Waals surface area contributed by atoms with Gasteiger partial charge in [-0.15, -0.1) is 0 Å². The van der Waals surface area contributed by atoms with Crippen LogP contribution in [0.3, 0.4) is 0 Å². The van der Waals surface area contributed by atoms with E-state index in [1.54, 1.807) is 6.07 Å². The van der Waals surface area contributed by atoms with Crippen molar-refractivity contribution in [2.75, 3.05) is 5.73 Å². The Kier molecular flexibility index (Phi) is 4.05. The normalized spacial score (nSPS) is 10.3. The zero-order valence-electron chi connectivity index (χ0n) is 10.2. The number of nitrogen functional groups attached to an aromatic ring is 1. The molecule has 0 radical (unpaired) electrons. The predicted octanol–water partition coefficient (Wildman–Crippen LogP) is 4.06. The van der Waals surface area contributed by atoms with Crippen LogP contribution in [-0.4, -0.2) is 4.98 Å². The summed E-state index contributed by atoms with van der Waals surface area (Å²) in [5, 5.41) is 0.410. The summed E-state index contributed by atoms with van der Waals surface area (Å²) in [6.07, 6.45) is 3.72. The second-order valence-corrected chi connectivity index (χ2v) is 4.46. The Labute approximate surface area is 112 Å².